The van der Waals surface area contributed by atoms with Crippen molar-refractivity contribution in [1.29, 1.82) is 0 Å². The number of nitrogens with two attached hydrogens (primary N) is 1. The number of piperidine rings is 1. The van der Waals surface area contributed by atoms with E-state index in [9.17, 15) is 23.6 Å². The predicted molar refractivity (Wildman–Crippen MR) is 72.1 cm³/mol. The van der Waals surface area contributed by atoms with Gasteiger partial charge in [0, 0.05) is 12.1 Å². The normalized spacial score (nSPS) is 24.5. The zero-order chi connectivity index (χ0) is 16.2. The first-order valence-corrected chi connectivity index (χ1v) is 6.58. The number of amides is 4. The monoisotopic (exact) mass is 305 g/mol. The van der Waals surface area contributed by atoms with Crippen LogP contribution in [0.2, 0.25) is 0 Å². The average Bonchev–Trinajstić information content (AvgIpc) is 2.72. The van der Waals surface area contributed by atoms with Crippen LogP contribution in [0.5, 0.6) is 0 Å². The van der Waals surface area contributed by atoms with E-state index in [1.165, 1.54) is 13.0 Å². The highest BCUT2D eigenvalue weighted by Gasteiger charge is 2.53. The molecule has 8 heteroatoms. The van der Waals surface area contributed by atoms with Crippen molar-refractivity contribution in [3.63, 3.8) is 0 Å². The largest absolute Gasteiger partial charge is 0.398 e. The lowest BCUT2D eigenvalue weighted by molar-refractivity contribution is -0.140. The highest BCUT2D eigenvalue weighted by Crippen LogP contribution is 2.37. The minimum atomic E-state index is -1.56. The standard InChI is InChI=1S/C14H12FN3O4/c1-14(5-4-8(19)17-13(14)22)18-11(20)9-6(15)2-3-7(16)10(9)12(18)21/h2-3H,4-5,16H2,1H3,(H,17,19,22). The van der Waals surface area contributed by atoms with Crippen LogP contribution in [0.4, 0.5) is 10.1 Å². The number of rotatable bonds is 1. The zero-order valence-corrected chi connectivity index (χ0v) is 11.6. The first kappa shape index (κ1) is 14.2. The van der Waals surface area contributed by atoms with Crippen LogP contribution in [0.25, 0.3) is 0 Å². The van der Waals surface area contributed by atoms with Crippen LogP contribution < -0.4 is 11.1 Å². The number of hydrogen-bond acceptors (Lipinski definition) is 5. The fourth-order valence-corrected chi connectivity index (χ4v) is 2.80. The molecule has 2 aliphatic rings. The fraction of sp³-hybridized carbons (Fsp3) is 0.286. The molecule has 7 nitrogen and oxygen atoms in total. The van der Waals surface area contributed by atoms with E-state index >= 15 is 0 Å². The number of nitrogens with one attached hydrogen (secondary N) is 1. The summed E-state index contributed by atoms with van der Waals surface area (Å²) in [6.45, 7) is 1.37. The molecule has 0 aliphatic carbocycles. The van der Waals surface area contributed by atoms with Crippen molar-refractivity contribution >= 4 is 29.3 Å². The van der Waals surface area contributed by atoms with Gasteiger partial charge in [-0.15, -0.1) is 0 Å². The van der Waals surface area contributed by atoms with Gasteiger partial charge >= 0.3 is 0 Å². The summed E-state index contributed by atoms with van der Waals surface area (Å²) >= 11 is 0. The summed E-state index contributed by atoms with van der Waals surface area (Å²) in [5, 5.41) is 2.09. The Balaban J connectivity index is 2.12. The van der Waals surface area contributed by atoms with Crippen molar-refractivity contribution in [3.8, 4) is 0 Å². The van der Waals surface area contributed by atoms with Gasteiger partial charge in [0.05, 0.1) is 11.1 Å². The molecule has 3 N–H and O–H groups in total. The van der Waals surface area contributed by atoms with Gasteiger partial charge in [-0.2, -0.15) is 0 Å². The van der Waals surface area contributed by atoms with Crippen molar-refractivity contribution in [2.45, 2.75) is 25.3 Å². The van der Waals surface area contributed by atoms with E-state index < -0.39 is 40.5 Å². The Kier molecular flexibility index (Phi) is 2.81. The van der Waals surface area contributed by atoms with E-state index in [4.69, 9.17) is 5.73 Å². The second-order valence-electron chi connectivity index (χ2n) is 5.48. The number of nitrogens with zero attached hydrogens (tertiary/aromatic N) is 1. The average molecular weight is 305 g/mol. The van der Waals surface area contributed by atoms with Crippen LogP contribution in [0.1, 0.15) is 40.5 Å². The number of halogens is 1. The van der Waals surface area contributed by atoms with Crippen LogP contribution in [0, 0.1) is 5.82 Å². The molecule has 2 heterocycles. The third-order valence-electron chi connectivity index (χ3n) is 4.10. The Morgan fingerprint density at radius 1 is 1.18 bits per heavy atom. The fourth-order valence-electron chi connectivity index (χ4n) is 2.80. The lowest BCUT2D eigenvalue weighted by atomic mass is 9.89. The minimum Gasteiger partial charge on any atom is -0.398 e. The molecule has 0 aromatic heterocycles. The Morgan fingerprint density at radius 2 is 1.82 bits per heavy atom. The number of nitrogen functional groups attached to an aromatic ring is 1. The molecule has 1 fully saturated rings. The predicted octanol–water partition coefficient (Wildman–Crippen LogP) is 0.199. The number of carbonyl (C=O) groups is 4. The van der Waals surface area contributed by atoms with E-state index in [1.807, 2.05) is 0 Å². The molecule has 0 spiro atoms. The van der Waals surface area contributed by atoms with Crippen LogP contribution in [0.3, 0.4) is 0 Å². The maximum absolute atomic E-state index is 13.9. The van der Waals surface area contributed by atoms with Crippen molar-refractivity contribution in [2.75, 3.05) is 5.73 Å². The Hall–Kier alpha value is -2.77. The Bertz CT molecular complexity index is 720. The Labute approximate surface area is 124 Å². The first-order chi connectivity index (χ1) is 10.3. The number of hydrogen-bond donors (Lipinski definition) is 2. The summed E-state index contributed by atoms with van der Waals surface area (Å²) in [4.78, 5) is 49.0. The molecule has 3 rings (SSSR count). The van der Waals surface area contributed by atoms with Crippen LogP contribution in [-0.4, -0.2) is 34.1 Å². The molecule has 22 heavy (non-hydrogen) atoms. The van der Waals surface area contributed by atoms with E-state index in [1.54, 1.807) is 0 Å². The van der Waals surface area contributed by atoms with Crippen LogP contribution in [0.15, 0.2) is 12.1 Å². The number of benzene rings is 1. The second kappa shape index (κ2) is 4.36. The summed E-state index contributed by atoms with van der Waals surface area (Å²) in [5.74, 6) is -3.87. The quantitative estimate of drug-likeness (QED) is 0.569. The van der Waals surface area contributed by atoms with Crippen LogP contribution in [-0.2, 0) is 9.59 Å². The van der Waals surface area contributed by atoms with Crippen molar-refractivity contribution in [1.82, 2.24) is 10.2 Å². The third kappa shape index (κ3) is 1.66. The van der Waals surface area contributed by atoms with Gasteiger partial charge in [-0.1, -0.05) is 0 Å². The van der Waals surface area contributed by atoms with E-state index in [-0.39, 0.29) is 24.1 Å². The van der Waals surface area contributed by atoms with E-state index in [2.05, 4.69) is 5.32 Å². The SMILES string of the molecule is CC1(N2C(=O)c3c(N)ccc(F)c3C2=O)CCC(=O)NC1=O. The molecular weight excluding hydrogens is 293 g/mol. The number of carbonyl (C=O) groups excluding carboxylic acids is 4. The summed E-state index contributed by atoms with van der Waals surface area (Å²) in [7, 11) is 0. The minimum absolute atomic E-state index is 0.0202. The van der Waals surface area contributed by atoms with Gasteiger partial charge < -0.3 is 5.73 Å². The van der Waals surface area contributed by atoms with Crippen molar-refractivity contribution in [3.05, 3.63) is 29.1 Å². The maximum atomic E-state index is 13.9. The van der Waals surface area contributed by atoms with Gasteiger partial charge in [0.15, 0.2) is 0 Å². The molecule has 4 amide bonds. The summed E-state index contributed by atoms with van der Waals surface area (Å²) < 4.78 is 13.9. The van der Waals surface area contributed by atoms with Gasteiger partial charge in [-0.25, -0.2) is 4.39 Å². The number of fused-ring (bicyclic) bond motifs is 1. The summed E-state index contributed by atoms with van der Waals surface area (Å²) in [6, 6.07) is 2.19. The second-order valence-corrected chi connectivity index (χ2v) is 5.48. The molecule has 1 aromatic rings. The first-order valence-electron chi connectivity index (χ1n) is 6.58. The summed E-state index contributed by atoms with van der Waals surface area (Å²) in [5.41, 5.74) is 3.40. The lowest BCUT2D eigenvalue weighted by Crippen LogP contribution is -2.62. The van der Waals surface area contributed by atoms with Gasteiger partial charge in [-0.3, -0.25) is 29.4 Å². The summed E-state index contributed by atoms with van der Waals surface area (Å²) in [6.07, 6.45) is -0.0434. The van der Waals surface area contributed by atoms with E-state index in [0.717, 1.165) is 6.07 Å². The van der Waals surface area contributed by atoms with E-state index in [0.29, 0.717) is 4.90 Å². The van der Waals surface area contributed by atoms with Crippen molar-refractivity contribution in [2.24, 2.45) is 0 Å². The highest BCUT2D eigenvalue weighted by molar-refractivity contribution is 6.26. The zero-order valence-electron chi connectivity index (χ0n) is 11.6. The van der Waals surface area contributed by atoms with Gasteiger partial charge in [0.1, 0.15) is 11.4 Å². The molecule has 1 aromatic carbocycles. The number of anilines is 1. The maximum Gasteiger partial charge on any atom is 0.265 e. The molecule has 0 radical (unpaired) electrons. The lowest BCUT2D eigenvalue weighted by Gasteiger charge is -2.38. The molecule has 1 unspecified atom stereocenters. The molecule has 0 saturated carbocycles. The van der Waals surface area contributed by atoms with Gasteiger partial charge in [-0.05, 0) is 25.5 Å². The topological polar surface area (TPSA) is 110 Å². The van der Waals surface area contributed by atoms with Crippen LogP contribution >= 0.6 is 0 Å². The molecule has 0 bridgehead atoms. The third-order valence-corrected chi connectivity index (χ3v) is 4.10. The molecule has 1 saturated heterocycles. The molecular formula is C14H12FN3O4. The Morgan fingerprint density at radius 3 is 2.41 bits per heavy atom. The van der Waals surface area contributed by atoms with Gasteiger partial charge in [0.25, 0.3) is 17.7 Å². The number of imide groups is 2. The van der Waals surface area contributed by atoms with Gasteiger partial charge in [0.2, 0.25) is 5.91 Å². The molecule has 114 valence electrons. The highest BCUT2D eigenvalue weighted by atomic mass is 19.1. The molecule has 2 aliphatic heterocycles. The smallest absolute Gasteiger partial charge is 0.265 e. The molecule has 1 atom stereocenters. The van der Waals surface area contributed by atoms with Crippen molar-refractivity contribution < 1.29 is 23.6 Å².